The second-order valence-corrected chi connectivity index (χ2v) is 8.24. The predicted octanol–water partition coefficient (Wildman–Crippen LogP) is 0.512. The lowest BCUT2D eigenvalue weighted by molar-refractivity contribution is 0.0943. The van der Waals surface area contributed by atoms with Crippen LogP contribution in [0.3, 0.4) is 0 Å². The fraction of sp³-hybridized carbons (Fsp3) is 0.700. The first kappa shape index (κ1) is 20.0. The van der Waals surface area contributed by atoms with Crippen LogP contribution >= 0.6 is 0 Å². The van der Waals surface area contributed by atoms with Gasteiger partial charge in [0.1, 0.15) is 5.82 Å². The molecule has 27 heavy (non-hydrogen) atoms. The fourth-order valence-corrected chi connectivity index (χ4v) is 3.98. The highest BCUT2D eigenvalue weighted by Crippen LogP contribution is 2.28. The number of nitrogens with zero attached hydrogens (tertiary/aromatic N) is 4. The normalized spacial score (nSPS) is 24.6. The van der Waals surface area contributed by atoms with E-state index < -0.39 is 0 Å². The lowest BCUT2D eigenvalue weighted by Gasteiger charge is -2.34. The third kappa shape index (κ3) is 5.18. The summed E-state index contributed by atoms with van der Waals surface area (Å²) in [5.74, 6) is 1.43. The van der Waals surface area contributed by atoms with Crippen LogP contribution in [0.1, 0.15) is 24.2 Å². The topological polar surface area (TPSA) is 71.9 Å². The molecule has 150 valence electrons. The van der Waals surface area contributed by atoms with E-state index in [1.54, 1.807) is 12.3 Å². The van der Waals surface area contributed by atoms with Crippen LogP contribution in [0.15, 0.2) is 18.3 Å². The molecule has 1 aromatic heterocycles. The predicted molar refractivity (Wildman–Crippen MR) is 107 cm³/mol. The number of likely N-dealkylation sites (N-methyl/N-ethyl adjacent to an activating group) is 1. The Labute approximate surface area is 162 Å². The van der Waals surface area contributed by atoms with Gasteiger partial charge in [-0.2, -0.15) is 0 Å². The molecular formula is C20H33N5O2. The molecule has 3 heterocycles. The van der Waals surface area contributed by atoms with Gasteiger partial charge in [-0.05, 0) is 38.9 Å². The molecule has 2 atom stereocenters. The van der Waals surface area contributed by atoms with Crippen LogP contribution < -0.4 is 10.2 Å². The molecule has 0 aliphatic carbocycles. The number of amides is 1. The highest BCUT2D eigenvalue weighted by molar-refractivity contribution is 5.95. The zero-order valence-corrected chi connectivity index (χ0v) is 16.8. The lowest BCUT2D eigenvalue weighted by Crippen LogP contribution is -2.47. The minimum Gasteiger partial charge on any atom is -0.396 e. The third-order valence-corrected chi connectivity index (χ3v) is 5.65. The van der Waals surface area contributed by atoms with E-state index in [0.717, 1.165) is 51.6 Å². The average Bonchev–Trinajstić information content (AvgIpc) is 3.06. The molecule has 1 amide bonds. The minimum atomic E-state index is -0.0689. The van der Waals surface area contributed by atoms with Gasteiger partial charge in [-0.25, -0.2) is 4.98 Å². The molecule has 7 heteroatoms. The number of piperazine rings is 1. The van der Waals surface area contributed by atoms with Crippen LogP contribution in [0, 0.1) is 11.8 Å². The van der Waals surface area contributed by atoms with Crippen molar-refractivity contribution in [1.82, 2.24) is 20.1 Å². The molecule has 0 spiro atoms. The summed E-state index contributed by atoms with van der Waals surface area (Å²) in [6, 6.07) is 3.72. The van der Waals surface area contributed by atoms with E-state index >= 15 is 0 Å². The Balaban J connectivity index is 1.65. The van der Waals surface area contributed by atoms with Gasteiger partial charge in [0, 0.05) is 76.1 Å². The van der Waals surface area contributed by atoms with E-state index in [-0.39, 0.29) is 24.5 Å². The van der Waals surface area contributed by atoms with Crippen molar-refractivity contribution < 1.29 is 9.90 Å². The number of aromatic nitrogens is 1. The van der Waals surface area contributed by atoms with E-state index in [0.29, 0.717) is 11.5 Å². The van der Waals surface area contributed by atoms with Crippen molar-refractivity contribution in [2.75, 3.05) is 64.4 Å². The first-order valence-electron chi connectivity index (χ1n) is 10.00. The number of aliphatic hydroxyl groups excluding tert-OH is 1. The second-order valence-electron chi connectivity index (χ2n) is 8.24. The zero-order valence-electron chi connectivity index (χ0n) is 16.8. The Kier molecular flexibility index (Phi) is 6.68. The smallest absolute Gasteiger partial charge is 0.251 e. The van der Waals surface area contributed by atoms with E-state index in [1.165, 1.54) is 0 Å². The summed E-state index contributed by atoms with van der Waals surface area (Å²) in [7, 11) is 2.17. The van der Waals surface area contributed by atoms with Crippen LogP contribution in [-0.4, -0.2) is 91.3 Å². The molecule has 0 bridgehead atoms. The van der Waals surface area contributed by atoms with Crippen molar-refractivity contribution in [1.29, 1.82) is 0 Å². The zero-order chi connectivity index (χ0) is 19.4. The van der Waals surface area contributed by atoms with Crippen molar-refractivity contribution in [3.8, 4) is 0 Å². The molecule has 2 aliphatic heterocycles. The molecule has 0 saturated carbocycles. The molecule has 2 fully saturated rings. The molecule has 3 rings (SSSR count). The van der Waals surface area contributed by atoms with Gasteiger partial charge in [0.15, 0.2) is 0 Å². The van der Waals surface area contributed by atoms with Gasteiger partial charge < -0.3 is 25.1 Å². The monoisotopic (exact) mass is 375 g/mol. The Bertz CT molecular complexity index is 631. The van der Waals surface area contributed by atoms with Gasteiger partial charge in [0.25, 0.3) is 5.91 Å². The Morgan fingerprint density at radius 1 is 1.26 bits per heavy atom. The number of nitrogens with one attached hydrogen (secondary N) is 1. The molecule has 0 radical (unpaired) electrons. The van der Waals surface area contributed by atoms with Gasteiger partial charge in [-0.3, -0.25) is 4.79 Å². The molecule has 0 unspecified atom stereocenters. The second kappa shape index (κ2) is 8.99. The summed E-state index contributed by atoms with van der Waals surface area (Å²) >= 11 is 0. The van der Waals surface area contributed by atoms with Gasteiger partial charge in [-0.15, -0.1) is 0 Å². The van der Waals surface area contributed by atoms with Crippen LogP contribution in [0.5, 0.6) is 0 Å². The largest absolute Gasteiger partial charge is 0.396 e. The maximum atomic E-state index is 12.3. The Hall–Kier alpha value is -1.70. The molecule has 1 aromatic rings. The van der Waals surface area contributed by atoms with E-state index in [2.05, 4.69) is 32.0 Å². The summed E-state index contributed by atoms with van der Waals surface area (Å²) in [6.07, 6.45) is 1.70. The molecule has 7 nitrogen and oxygen atoms in total. The number of rotatable bonds is 6. The van der Waals surface area contributed by atoms with E-state index in [9.17, 15) is 9.90 Å². The van der Waals surface area contributed by atoms with Gasteiger partial charge >= 0.3 is 0 Å². The van der Waals surface area contributed by atoms with Crippen molar-refractivity contribution in [3.63, 3.8) is 0 Å². The first-order chi connectivity index (χ1) is 13.0. The standard InChI is InChI=1S/C20H33N5O2/c1-15(2)22-20(27)16-4-5-21-19(10-16)25-12-17(18(13-25)14-26)11-24-8-6-23(3)7-9-24/h4-5,10,15,17-18,26H,6-9,11-14H2,1-3H3,(H,22,27)/t17-,18-/m1/s1. The maximum Gasteiger partial charge on any atom is 0.251 e. The highest BCUT2D eigenvalue weighted by Gasteiger charge is 2.34. The van der Waals surface area contributed by atoms with Crippen molar-refractivity contribution in [2.24, 2.45) is 11.8 Å². The number of pyridine rings is 1. The molecular weight excluding hydrogens is 342 g/mol. The van der Waals surface area contributed by atoms with Gasteiger partial charge in [-0.1, -0.05) is 0 Å². The number of carbonyl (C=O) groups excluding carboxylic acids is 1. The van der Waals surface area contributed by atoms with E-state index in [4.69, 9.17) is 0 Å². The average molecular weight is 376 g/mol. The molecule has 0 aromatic carbocycles. The van der Waals surface area contributed by atoms with Crippen LogP contribution in [-0.2, 0) is 0 Å². The summed E-state index contributed by atoms with van der Waals surface area (Å²) in [5.41, 5.74) is 0.636. The summed E-state index contributed by atoms with van der Waals surface area (Å²) in [5, 5.41) is 12.8. The van der Waals surface area contributed by atoms with Crippen molar-refractivity contribution >= 4 is 11.7 Å². The Morgan fingerprint density at radius 3 is 2.63 bits per heavy atom. The maximum absolute atomic E-state index is 12.3. The molecule has 2 saturated heterocycles. The minimum absolute atomic E-state index is 0.0689. The molecule has 2 N–H and O–H groups in total. The number of hydrogen-bond donors (Lipinski definition) is 2. The van der Waals surface area contributed by atoms with Crippen LogP contribution in [0.4, 0.5) is 5.82 Å². The van der Waals surface area contributed by atoms with Gasteiger partial charge in [0.2, 0.25) is 0 Å². The SMILES string of the molecule is CC(C)NC(=O)c1ccnc(N2C[C@@H](CN3CCN(C)CC3)[C@@H](CO)C2)c1. The van der Waals surface area contributed by atoms with Gasteiger partial charge in [0.05, 0.1) is 0 Å². The lowest BCUT2D eigenvalue weighted by atomic mass is 9.96. The number of carbonyl (C=O) groups is 1. The number of hydrogen-bond acceptors (Lipinski definition) is 6. The Morgan fingerprint density at radius 2 is 1.96 bits per heavy atom. The number of anilines is 1. The molecule has 2 aliphatic rings. The highest BCUT2D eigenvalue weighted by atomic mass is 16.3. The van der Waals surface area contributed by atoms with Crippen molar-refractivity contribution in [2.45, 2.75) is 19.9 Å². The summed E-state index contributed by atoms with van der Waals surface area (Å²) in [4.78, 5) is 23.9. The third-order valence-electron chi connectivity index (χ3n) is 5.65. The van der Waals surface area contributed by atoms with Crippen LogP contribution in [0.25, 0.3) is 0 Å². The first-order valence-corrected chi connectivity index (χ1v) is 10.00. The summed E-state index contributed by atoms with van der Waals surface area (Å²) in [6.45, 7) is 11.2. The van der Waals surface area contributed by atoms with Crippen LogP contribution in [0.2, 0.25) is 0 Å². The van der Waals surface area contributed by atoms with E-state index in [1.807, 2.05) is 19.9 Å². The quantitative estimate of drug-likeness (QED) is 0.755. The van der Waals surface area contributed by atoms with Crippen molar-refractivity contribution in [3.05, 3.63) is 23.9 Å². The summed E-state index contributed by atoms with van der Waals surface area (Å²) < 4.78 is 0. The fourth-order valence-electron chi connectivity index (χ4n) is 3.98. The number of aliphatic hydroxyl groups is 1.